The maximum absolute atomic E-state index is 12.6. The number of amides is 1. The van der Waals surface area contributed by atoms with Gasteiger partial charge in [0.15, 0.2) is 12.4 Å². The molecule has 0 spiro atoms. The highest BCUT2D eigenvalue weighted by Gasteiger charge is 2.32. The fourth-order valence-corrected chi connectivity index (χ4v) is 2.79. The third-order valence-electron chi connectivity index (χ3n) is 4.18. The number of aromatic nitrogens is 1. The molecule has 2 N–H and O–H groups in total. The number of pyridine rings is 1. The van der Waals surface area contributed by atoms with Crippen LogP contribution in [0.2, 0.25) is 0 Å². The Kier molecular flexibility index (Phi) is 5.24. The van der Waals surface area contributed by atoms with Crippen LogP contribution in [0.15, 0.2) is 48.8 Å². The van der Waals surface area contributed by atoms with E-state index in [0.717, 1.165) is 25.0 Å². The molecule has 1 fully saturated rings. The lowest BCUT2D eigenvalue weighted by Gasteiger charge is -2.10. The van der Waals surface area contributed by atoms with E-state index in [9.17, 15) is 18.0 Å². The van der Waals surface area contributed by atoms with Gasteiger partial charge in [0, 0.05) is 18.2 Å². The summed E-state index contributed by atoms with van der Waals surface area (Å²) in [7, 11) is 0. The van der Waals surface area contributed by atoms with Crippen molar-refractivity contribution in [1.82, 2.24) is 0 Å². The van der Waals surface area contributed by atoms with Gasteiger partial charge in [-0.15, -0.1) is 0 Å². The summed E-state index contributed by atoms with van der Waals surface area (Å²) in [6.07, 6.45) is -0.0523. The molecule has 2 atom stereocenters. The van der Waals surface area contributed by atoms with Crippen LogP contribution in [0.5, 0.6) is 0 Å². The second-order valence-electron chi connectivity index (χ2n) is 6.04. The molecule has 3 rings (SSSR count). The number of halogens is 3. The standard InChI is InChI=1S/C18H17F3N2O3/c19-18(20,21)13-3-5-14(6-4-13)22-17(25)12-2-1-9-23(10-12)16-8-7-15(11-24)26-16/h1-6,9-10,15-16,24H,7-8,11H2/p+1. The molecule has 1 aliphatic heterocycles. The predicted octanol–water partition coefficient (Wildman–Crippen LogP) is 2.92. The topological polar surface area (TPSA) is 62.4 Å². The first-order chi connectivity index (χ1) is 12.4. The zero-order valence-corrected chi connectivity index (χ0v) is 13.7. The van der Waals surface area contributed by atoms with E-state index in [1.807, 2.05) is 0 Å². The SMILES string of the molecule is O=C(Nc1ccc(C(F)(F)F)cc1)c1ccc[n+](C2CCC(CO)O2)c1. The second kappa shape index (κ2) is 7.43. The molecular formula is C18H18F3N2O3+. The summed E-state index contributed by atoms with van der Waals surface area (Å²) in [5, 5.41) is 11.7. The number of carbonyl (C=O) groups excluding carboxylic acids is 1. The Morgan fingerprint density at radius 1 is 1.23 bits per heavy atom. The van der Waals surface area contributed by atoms with Crippen LogP contribution >= 0.6 is 0 Å². The van der Waals surface area contributed by atoms with Crippen molar-refractivity contribution in [2.75, 3.05) is 11.9 Å². The smallest absolute Gasteiger partial charge is 0.394 e. The number of hydrogen-bond acceptors (Lipinski definition) is 3. The van der Waals surface area contributed by atoms with E-state index in [1.54, 1.807) is 29.1 Å². The van der Waals surface area contributed by atoms with Crippen LogP contribution in [-0.2, 0) is 10.9 Å². The van der Waals surface area contributed by atoms with E-state index < -0.39 is 17.6 Å². The number of nitrogens with zero attached hydrogens (tertiary/aromatic N) is 1. The molecule has 0 radical (unpaired) electrons. The third-order valence-corrected chi connectivity index (χ3v) is 4.18. The monoisotopic (exact) mass is 367 g/mol. The van der Waals surface area contributed by atoms with Crippen molar-refractivity contribution < 1.29 is 32.4 Å². The molecule has 26 heavy (non-hydrogen) atoms. The average molecular weight is 367 g/mol. The Labute approximate surface area is 148 Å². The van der Waals surface area contributed by atoms with Gasteiger partial charge in [-0.2, -0.15) is 17.7 Å². The van der Waals surface area contributed by atoms with Crippen LogP contribution in [0.25, 0.3) is 0 Å². The first kappa shape index (κ1) is 18.3. The van der Waals surface area contributed by atoms with Crippen LogP contribution < -0.4 is 9.88 Å². The largest absolute Gasteiger partial charge is 0.416 e. The summed E-state index contributed by atoms with van der Waals surface area (Å²) in [6.45, 7) is -0.0504. The van der Waals surface area contributed by atoms with Gasteiger partial charge in [-0.25, -0.2) is 0 Å². The van der Waals surface area contributed by atoms with Gasteiger partial charge in [0.25, 0.3) is 12.1 Å². The summed E-state index contributed by atoms with van der Waals surface area (Å²) in [4.78, 5) is 12.4. The van der Waals surface area contributed by atoms with E-state index in [2.05, 4.69) is 5.32 Å². The number of carbonyl (C=O) groups is 1. The molecular weight excluding hydrogens is 349 g/mol. The average Bonchev–Trinajstić information content (AvgIpc) is 3.11. The molecule has 5 nitrogen and oxygen atoms in total. The Morgan fingerprint density at radius 2 is 1.96 bits per heavy atom. The zero-order valence-electron chi connectivity index (χ0n) is 13.7. The molecule has 1 saturated heterocycles. The van der Waals surface area contributed by atoms with Gasteiger partial charge < -0.3 is 15.2 Å². The maximum atomic E-state index is 12.6. The zero-order chi connectivity index (χ0) is 18.7. The Morgan fingerprint density at radius 3 is 2.58 bits per heavy atom. The van der Waals surface area contributed by atoms with Crippen molar-refractivity contribution in [3.8, 4) is 0 Å². The van der Waals surface area contributed by atoms with Crippen molar-refractivity contribution in [3.63, 3.8) is 0 Å². The highest BCUT2D eigenvalue weighted by Crippen LogP contribution is 2.30. The summed E-state index contributed by atoms with van der Waals surface area (Å²) in [5.41, 5.74) is -0.149. The number of aliphatic hydroxyl groups is 1. The fourth-order valence-electron chi connectivity index (χ4n) is 2.79. The van der Waals surface area contributed by atoms with Gasteiger partial charge in [0.1, 0.15) is 5.56 Å². The minimum absolute atomic E-state index is 0.0504. The second-order valence-corrected chi connectivity index (χ2v) is 6.04. The quantitative estimate of drug-likeness (QED) is 0.817. The fraction of sp³-hybridized carbons (Fsp3) is 0.333. The number of alkyl halides is 3. The number of hydrogen-bond donors (Lipinski definition) is 2. The van der Waals surface area contributed by atoms with Crippen LogP contribution in [0.1, 0.15) is 35.0 Å². The Hall–Kier alpha value is -2.45. The number of anilines is 1. The molecule has 0 saturated carbocycles. The van der Waals surface area contributed by atoms with Crippen molar-refractivity contribution in [1.29, 1.82) is 0 Å². The minimum atomic E-state index is -4.42. The number of ether oxygens (including phenoxy) is 1. The van der Waals surface area contributed by atoms with Gasteiger partial charge in [0.2, 0.25) is 0 Å². The Balaban J connectivity index is 1.69. The molecule has 1 amide bonds. The van der Waals surface area contributed by atoms with Crippen LogP contribution in [0.3, 0.4) is 0 Å². The predicted molar refractivity (Wildman–Crippen MR) is 86.3 cm³/mol. The van der Waals surface area contributed by atoms with Gasteiger partial charge in [0.05, 0.1) is 18.3 Å². The molecule has 8 heteroatoms. The molecule has 1 aromatic carbocycles. The molecule has 1 aliphatic rings. The summed E-state index contributed by atoms with van der Waals surface area (Å²) in [5.74, 6) is -0.434. The number of benzene rings is 1. The van der Waals surface area contributed by atoms with Gasteiger partial charge >= 0.3 is 6.18 Å². The van der Waals surface area contributed by atoms with E-state index in [-0.39, 0.29) is 24.6 Å². The molecule has 0 aliphatic carbocycles. The van der Waals surface area contributed by atoms with Gasteiger partial charge in [-0.05, 0) is 36.8 Å². The van der Waals surface area contributed by atoms with E-state index in [0.29, 0.717) is 5.56 Å². The van der Waals surface area contributed by atoms with Crippen LogP contribution in [-0.4, -0.2) is 23.7 Å². The highest BCUT2D eigenvalue weighted by molar-refractivity contribution is 6.03. The lowest BCUT2D eigenvalue weighted by Crippen LogP contribution is -2.40. The van der Waals surface area contributed by atoms with Crippen LogP contribution in [0, 0.1) is 0 Å². The van der Waals surface area contributed by atoms with E-state index in [1.165, 1.54) is 12.1 Å². The molecule has 0 bridgehead atoms. The highest BCUT2D eigenvalue weighted by atomic mass is 19.4. The van der Waals surface area contributed by atoms with Crippen molar-refractivity contribution in [2.24, 2.45) is 0 Å². The lowest BCUT2D eigenvalue weighted by molar-refractivity contribution is -0.759. The number of nitrogens with one attached hydrogen (secondary N) is 1. The van der Waals surface area contributed by atoms with Crippen LogP contribution in [0.4, 0.5) is 18.9 Å². The lowest BCUT2D eigenvalue weighted by atomic mass is 10.2. The summed E-state index contributed by atoms with van der Waals surface area (Å²) in [6, 6.07) is 7.56. The third kappa shape index (κ3) is 4.20. The first-order valence-corrected chi connectivity index (χ1v) is 8.12. The van der Waals surface area contributed by atoms with Crippen molar-refractivity contribution in [3.05, 3.63) is 59.9 Å². The normalized spacial score (nSPS) is 20.2. The van der Waals surface area contributed by atoms with Gasteiger partial charge in [-0.3, -0.25) is 4.79 Å². The number of rotatable bonds is 4. The molecule has 138 valence electrons. The molecule has 1 aromatic heterocycles. The van der Waals surface area contributed by atoms with Crippen molar-refractivity contribution >= 4 is 11.6 Å². The molecule has 2 heterocycles. The molecule has 2 aromatic rings. The maximum Gasteiger partial charge on any atom is 0.416 e. The number of aliphatic hydroxyl groups excluding tert-OH is 1. The first-order valence-electron chi connectivity index (χ1n) is 8.12. The Bertz CT molecular complexity index is 778. The minimum Gasteiger partial charge on any atom is -0.394 e. The summed E-state index contributed by atoms with van der Waals surface area (Å²) >= 11 is 0. The summed E-state index contributed by atoms with van der Waals surface area (Å²) < 4.78 is 45.1. The van der Waals surface area contributed by atoms with Crippen molar-refractivity contribution in [2.45, 2.75) is 31.3 Å². The van der Waals surface area contributed by atoms with E-state index >= 15 is 0 Å². The molecule has 2 unspecified atom stereocenters. The van der Waals surface area contributed by atoms with Gasteiger partial charge in [-0.1, -0.05) is 0 Å². The van der Waals surface area contributed by atoms with E-state index in [4.69, 9.17) is 9.84 Å².